The highest BCUT2D eigenvalue weighted by Crippen LogP contribution is 2.27. The topological polar surface area (TPSA) is 95.5 Å². The van der Waals surface area contributed by atoms with Crippen molar-refractivity contribution in [1.29, 1.82) is 0 Å². The Morgan fingerprint density at radius 3 is 1.59 bits per heavy atom. The smallest absolute Gasteiger partial charge is 0.407 e. The maximum atomic E-state index is 12.3. The zero-order valence-electron chi connectivity index (χ0n) is 25.2. The molecule has 5 atom stereocenters. The fraction of sp³-hybridized carbons (Fsp3) is 0.966. The molecular weight excluding hydrogens is 474 g/mol. The molecule has 220 valence electrons. The van der Waals surface area contributed by atoms with E-state index in [0.29, 0.717) is 6.54 Å². The summed E-state index contributed by atoms with van der Waals surface area (Å²) in [5.41, 5.74) is 0. The van der Waals surface area contributed by atoms with Gasteiger partial charge in [-0.2, -0.15) is 0 Å². The molecule has 0 saturated carbocycles. The van der Waals surface area contributed by atoms with E-state index in [1.165, 1.54) is 105 Å². The highest BCUT2D eigenvalue weighted by Gasteiger charge is 2.47. The van der Waals surface area contributed by atoms with Crippen molar-refractivity contribution in [2.45, 2.75) is 140 Å². The van der Waals surface area contributed by atoms with Gasteiger partial charge < -0.3 is 34.1 Å². The van der Waals surface area contributed by atoms with E-state index in [-0.39, 0.29) is 13.2 Å². The first-order valence-electron chi connectivity index (χ1n) is 15.3. The van der Waals surface area contributed by atoms with Gasteiger partial charge in [-0.25, -0.2) is 4.79 Å². The summed E-state index contributed by atoms with van der Waals surface area (Å²) >= 11 is 0. The number of aliphatic hydroxyl groups excluding tert-OH is 1. The summed E-state index contributed by atoms with van der Waals surface area (Å²) < 4.78 is 35.7. The molecule has 0 spiro atoms. The van der Waals surface area contributed by atoms with Gasteiger partial charge in [0.25, 0.3) is 0 Å². The summed E-state index contributed by atoms with van der Waals surface area (Å²) in [7, 11) is 4.58. The van der Waals surface area contributed by atoms with Crippen molar-refractivity contribution in [2.24, 2.45) is 0 Å². The van der Waals surface area contributed by atoms with Gasteiger partial charge in [0.2, 0.25) is 0 Å². The van der Waals surface area contributed by atoms with E-state index in [2.05, 4.69) is 6.92 Å². The van der Waals surface area contributed by atoms with Gasteiger partial charge in [-0.15, -0.1) is 0 Å². The number of aliphatic hydroxyl groups is 1. The molecule has 0 unspecified atom stereocenters. The third-order valence-electron chi connectivity index (χ3n) is 7.35. The Morgan fingerprint density at radius 2 is 1.16 bits per heavy atom. The van der Waals surface area contributed by atoms with Crippen molar-refractivity contribution in [3.8, 4) is 0 Å². The second-order valence-electron chi connectivity index (χ2n) is 10.3. The predicted molar refractivity (Wildman–Crippen MR) is 147 cm³/mol. The van der Waals surface area contributed by atoms with Gasteiger partial charge in [0.1, 0.15) is 37.1 Å². The van der Waals surface area contributed by atoms with Gasteiger partial charge in [-0.3, -0.25) is 0 Å². The van der Waals surface area contributed by atoms with Crippen LogP contribution in [0.1, 0.15) is 110 Å². The van der Waals surface area contributed by atoms with Crippen molar-refractivity contribution >= 4 is 6.09 Å². The SMILES string of the molecule is [2H]N(CCCCCCCCCCCCCCCCCC)C(=O)OC[C@@H]1O[C@H](CO)[C@@H](OC)[C@H](OC)[C@H]1OC. The number of rotatable bonds is 23. The van der Waals surface area contributed by atoms with Crippen LogP contribution in [0, 0.1) is 0 Å². The highest BCUT2D eigenvalue weighted by atomic mass is 16.6. The molecule has 1 saturated heterocycles. The largest absolute Gasteiger partial charge is 0.447 e. The van der Waals surface area contributed by atoms with Crippen LogP contribution >= 0.6 is 0 Å². The zero-order valence-corrected chi connectivity index (χ0v) is 24.2. The van der Waals surface area contributed by atoms with E-state index >= 15 is 0 Å². The van der Waals surface area contributed by atoms with E-state index in [0.717, 1.165) is 24.6 Å². The van der Waals surface area contributed by atoms with Gasteiger partial charge in [0.15, 0.2) is 1.41 Å². The highest BCUT2D eigenvalue weighted by molar-refractivity contribution is 5.67. The summed E-state index contributed by atoms with van der Waals surface area (Å²) in [5.74, 6) is 0. The quantitative estimate of drug-likeness (QED) is 0.161. The maximum absolute atomic E-state index is 12.3. The summed E-state index contributed by atoms with van der Waals surface area (Å²) in [6.45, 7) is 2.24. The monoisotopic (exact) mass is 532 g/mol. The third kappa shape index (κ3) is 14.7. The fourth-order valence-electron chi connectivity index (χ4n) is 5.14. The predicted octanol–water partition coefficient (Wildman–Crippen LogP) is 5.78. The van der Waals surface area contributed by atoms with Crippen LogP contribution in [0.3, 0.4) is 0 Å². The van der Waals surface area contributed by atoms with E-state index in [1.54, 1.807) is 0 Å². The molecule has 0 bridgehead atoms. The molecule has 2 N–H and O–H groups in total. The number of ether oxygens (including phenoxy) is 5. The minimum Gasteiger partial charge on any atom is -0.447 e. The Bertz CT molecular complexity index is 571. The lowest BCUT2D eigenvalue weighted by atomic mass is 9.95. The average Bonchev–Trinajstić information content (AvgIpc) is 2.94. The van der Waals surface area contributed by atoms with Crippen molar-refractivity contribution < 1.29 is 35.0 Å². The Balaban J connectivity index is 2.09. The molecule has 1 rings (SSSR count). The molecule has 1 fully saturated rings. The molecule has 0 aliphatic carbocycles. The van der Waals surface area contributed by atoms with Crippen molar-refractivity contribution in [1.82, 2.24) is 5.31 Å². The number of hydrogen-bond donors (Lipinski definition) is 2. The number of carbonyl (C=O) groups is 1. The number of carbonyl (C=O) groups excluding carboxylic acids is 1. The van der Waals surface area contributed by atoms with Crippen LogP contribution in [0.2, 0.25) is 1.41 Å². The van der Waals surface area contributed by atoms with Crippen molar-refractivity contribution in [3.63, 3.8) is 0 Å². The number of unbranched alkanes of at least 4 members (excludes halogenated alkanes) is 15. The molecule has 1 heterocycles. The Hall–Kier alpha value is -0.930. The van der Waals surface area contributed by atoms with E-state index in [1.807, 2.05) is 0 Å². The molecule has 0 radical (unpaired) electrons. The van der Waals surface area contributed by atoms with Gasteiger partial charge in [0.05, 0.1) is 6.61 Å². The molecule has 8 nitrogen and oxygen atoms in total. The van der Waals surface area contributed by atoms with E-state index < -0.39 is 36.6 Å². The van der Waals surface area contributed by atoms with Crippen LogP contribution in [-0.4, -0.2) is 82.8 Å². The van der Waals surface area contributed by atoms with E-state index in [9.17, 15) is 9.90 Å². The number of alkyl carbamates (subject to hydrolysis) is 1. The molecule has 1 aliphatic rings. The second-order valence-corrected chi connectivity index (χ2v) is 10.3. The van der Waals surface area contributed by atoms with E-state index in [4.69, 9.17) is 25.1 Å². The number of amides is 1. The van der Waals surface area contributed by atoms with Gasteiger partial charge in [-0.05, 0) is 6.42 Å². The number of methoxy groups -OCH3 is 3. The van der Waals surface area contributed by atoms with Crippen LogP contribution in [0.25, 0.3) is 0 Å². The molecule has 0 aromatic carbocycles. The Morgan fingerprint density at radius 1 is 0.730 bits per heavy atom. The normalized spacial score (nSPS) is 24.1. The molecule has 0 aromatic heterocycles. The zero-order chi connectivity index (χ0) is 28.0. The molecule has 1 amide bonds. The summed E-state index contributed by atoms with van der Waals surface area (Å²) in [5, 5.41) is 10.5. The van der Waals surface area contributed by atoms with Crippen molar-refractivity contribution in [2.75, 3.05) is 41.1 Å². The van der Waals surface area contributed by atoms with Crippen LogP contribution < -0.4 is 5.31 Å². The van der Waals surface area contributed by atoms with Crippen LogP contribution in [0.4, 0.5) is 4.79 Å². The van der Waals surface area contributed by atoms with Gasteiger partial charge in [0, 0.05) is 27.9 Å². The lowest BCUT2D eigenvalue weighted by molar-refractivity contribution is -0.253. The maximum Gasteiger partial charge on any atom is 0.407 e. The first-order valence-corrected chi connectivity index (χ1v) is 14.8. The minimum atomic E-state index is -0.715. The van der Waals surface area contributed by atoms with Crippen LogP contribution in [-0.2, 0) is 23.7 Å². The first-order chi connectivity index (χ1) is 18.5. The minimum absolute atomic E-state index is 0.0987. The van der Waals surface area contributed by atoms with Gasteiger partial charge in [-0.1, -0.05) is 103 Å². The summed E-state index contributed by atoms with van der Waals surface area (Å²) in [6.07, 6.45) is 17.0. The Kier molecular flexibility index (Phi) is 20.1. The fourth-order valence-corrected chi connectivity index (χ4v) is 5.14. The second kappa shape index (κ2) is 23.0. The van der Waals surface area contributed by atoms with Crippen LogP contribution in [0.5, 0.6) is 0 Å². The lowest BCUT2D eigenvalue weighted by Gasteiger charge is -2.44. The Labute approximate surface area is 227 Å². The molecule has 0 aromatic rings. The molecule has 1 aliphatic heterocycles. The van der Waals surface area contributed by atoms with Gasteiger partial charge >= 0.3 is 6.09 Å². The molecule has 37 heavy (non-hydrogen) atoms. The number of hydrogen-bond acceptors (Lipinski definition) is 7. The number of nitrogens with one attached hydrogen (secondary N) is 1. The summed E-state index contributed by atoms with van der Waals surface area (Å²) in [4.78, 5) is 12.3. The third-order valence-corrected chi connectivity index (χ3v) is 7.35. The average molecular weight is 533 g/mol. The molecular formula is C29H57NO7. The lowest BCUT2D eigenvalue weighted by Crippen LogP contribution is -2.61. The van der Waals surface area contributed by atoms with Crippen LogP contribution in [0.15, 0.2) is 0 Å². The summed E-state index contributed by atoms with van der Waals surface area (Å²) in [6, 6.07) is 0. The first kappa shape index (κ1) is 32.3. The standard InChI is InChI=1S/C29H57NO7/c1-5-6-7-8-9-10-11-12-13-14-15-16-17-18-19-20-21-30-29(32)36-23-25-27(34-3)28(35-4)26(33-2)24(22-31)37-25/h24-28,31H,5-23H2,1-4H3,(H,30,32)/t24-,25+,26-,27+,28+/m1/s1/i/hD. The molecule has 8 heteroatoms. The van der Waals surface area contributed by atoms with Crippen molar-refractivity contribution in [3.05, 3.63) is 0 Å².